The molecule has 0 aliphatic heterocycles. The fraction of sp³-hybridized carbons (Fsp3) is 0.100. The van der Waals surface area contributed by atoms with Gasteiger partial charge >= 0.3 is 0 Å². The predicted octanol–water partition coefficient (Wildman–Crippen LogP) is 1.87. The molecule has 0 bridgehead atoms. The van der Waals surface area contributed by atoms with E-state index >= 15 is 0 Å². The van der Waals surface area contributed by atoms with Crippen molar-refractivity contribution in [2.75, 3.05) is 0 Å². The summed E-state index contributed by atoms with van der Waals surface area (Å²) >= 11 is 4.48. The zero-order valence-electron chi connectivity index (χ0n) is 7.87. The maximum atomic E-state index is 4.48. The van der Waals surface area contributed by atoms with Crippen LogP contribution in [0.1, 0.15) is 5.69 Å². The van der Waals surface area contributed by atoms with Gasteiger partial charge in [-0.25, -0.2) is 9.67 Å². The second kappa shape index (κ2) is 4.59. The SMILES string of the molecule is S=C=NCc1cn(-c2ccccc2)nn1. The molecule has 2 aromatic rings. The van der Waals surface area contributed by atoms with Crippen LogP contribution in [0.4, 0.5) is 0 Å². The fourth-order valence-electron chi connectivity index (χ4n) is 1.19. The zero-order valence-corrected chi connectivity index (χ0v) is 8.68. The smallest absolute Gasteiger partial charge is 0.105 e. The molecule has 5 heteroatoms. The van der Waals surface area contributed by atoms with Crippen molar-refractivity contribution in [1.82, 2.24) is 15.0 Å². The van der Waals surface area contributed by atoms with Crippen molar-refractivity contribution in [2.45, 2.75) is 6.54 Å². The molecule has 1 heterocycles. The van der Waals surface area contributed by atoms with Crippen LogP contribution in [0.25, 0.3) is 5.69 Å². The average molecular weight is 216 g/mol. The van der Waals surface area contributed by atoms with E-state index in [9.17, 15) is 0 Å². The van der Waals surface area contributed by atoms with Gasteiger partial charge in [0.25, 0.3) is 0 Å². The Kier molecular flexibility index (Phi) is 2.97. The fourth-order valence-corrected chi connectivity index (χ4v) is 1.26. The van der Waals surface area contributed by atoms with E-state index in [4.69, 9.17) is 0 Å². The van der Waals surface area contributed by atoms with Gasteiger partial charge in [0.1, 0.15) is 5.69 Å². The van der Waals surface area contributed by atoms with Crippen molar-refractivity contribution in [3.05, 3.63) is 42.2 Å². The van der Waals surface area contributed by atoms with E-state index in [1.807, 2.05) is 36.5 Å². The van der Waals surface area contributed by atoms with E-state index in [2.05, 4.69) is 32.7 Å². The molecule has 0 fully saturated rings. The minimum Gasteiger partial charge on any atom is -0.226 e. The van der Waals surface area contributed by atoms with Crippen LogP contribution in [-0.2, 0) is 6.54 Å². The van der Waals surface area contributed by atoms with E-state index in [-0.39, 0.29) is 0 Å². The Labute approximate surface area is 92.3 Å². The third-order valence-corrected chi connectivity index (χ3v) is 2.00. The summed E-state index contributed by atoms with van der Waals surface area (Å²) in [5, 5.41) is 10.2. The summed E-state index contributed by atoms with van der Waals surface area (Å²) < 4.78 is 1.70. The summed E-state index contributed by atoms with van der Waals surface area (Å²) in [6.45, 7) is 0.427. The molecule has 4 nitrogen and oxygen atoms in total. The number of aromatic nitrogens is 3. The summed E-state index contributed by atoms with van der Waals surface area (Å²) in [4.78, 5) is 3.80. The van der Waals surface area contributed by atoms with Gasteiger partial charge in [0, 0.05) is 0 Å². The quantitative estimate of drug-likeness (QED) is 0.581. The maximum absolute atomic E-state index is 4.48. The standard InChI is InChI=1S/C10H8N4S/c15-8-11-6-9-7-14(13-12-9)10-4-2-1-3-5-10/h1-5,7H,6H2. The number of hydrogen-bond donors (Lipinski definition) is 0. The highest BCUT2D eigenvalue weighted by molar-refractivity contribution is 7.78. The van der Waals surface area contributed by atoms with Crippen LogP contribution < -0.4 is 0 Å². The van der Waals surface area contributed by atoms with Crippen molar-refractivity contribution in [1.29, 1.82) is 0 Å². The number of benzene rings is 1. The highest BCUT2D eigenvalue weighted by Gasteiger charge is 2.00. The van der Waals surface area contributed by atoms with Crippen LogP contribution in [0, 0.1) is 0 Å². The summed E-state index contributed by atoms with van der Waals surface area (Å²) in [6.07, 6.45) is 1.82. The van der Waals surface area contributed by atoms with Gasteiger partial charge in [-0.15, -0.1) is 5.10 Å². The molecule has 1 aromatic heterocycles. The van der Waals surface area contributed by atoms with E-state index < -0.39 is 0 Å². The molecule has 1 aromatic carbocycles. The largest absolute Gasteiger partial charge is 0.226 e. The molecule has 0 amide bonds. The van der Waals surface area contributed by atoms with E-state index in [1.54, 1.807) is 4.68 Å². The van der Waals surface area contributed by atoms with Crippen LogP contribution in [0.2, 0.25) is 0 Å². The van der Waals surface area contributed by atoms with Crippen molar-refractivity contribution >= 4 is 17.4 Å². The topological polar surface area (TPSA) is 43.1 Å². The van der Waals surface area contributed by atoms with Gasteiger partial charge in [-0.3, -0.25) is 0 Å². The first-order valence-electron chi connectivity index (χ1n) is 4.40. The minimum absolute atomic E-state index is 0.427. The van der Waals surface area contributed by atoms with Crippen LogP contribution in [0.3, 0.4) is 0 Å². The van der Waals surface area contributed by atoms with E-state index in [1.165, 1.54) is 0 Å². The van der Waals surface area contributed by atoms with E-state index in [0.29, 0.717) is 6.54 Å². The molecule has 0 saturated heterocycles. The van der Waals surface area contributed by atoms with Crippen LogP contribution in [-0.4, -0.2) is 20.2 Å². The minimum atomic E-state index is 0.427. The van der Waals surface area contributed by atoms with Crippen LogP contribution in [0.15, 0.2) is 41.5 Å². The maximum Gasteiger partial charge on any atom is 0.105 e. The Morgan fingerprint density at radius 3 is 2.87 bits per heavy atom. The number of thiocarbonyl (C=S) groups is 1. The van der Waals surface area contributed by atoms with Crippen molar-refractivity contribution in [3.63, 3.8) is 0 Å². The van der Waals surface area contributed by atoms with Gasteiger partial charge in [0.15, 0.2) is 0 Å². The van der Waals surface area contributed by atoms with Gasteiger partial charge in [-0.1, -0.05) is 23.4 Å². The first-order chi connectivity index (χ1) is 7.40. The molecule has 2 rings (SSSR count). The summed E-state index contributed by atoms with van der Waals surface area (Å²) in [5.74, 6) is 0. The molecule has 15 heavy (non-hydrogen) atoms. The molecule has 0 radical (unpaired) electrons. The van der Waals surface area contributed by atoms with E-state index in [0.717, 1.165) is 11.4 Å². The van der Waals surface area contributed by atoms with Gasteiger partial charge < -0.3 is 0 Å². The first-order valence-corrected chi connectivity index (χ1v) is 4.81. The molecule has 0 N–H and O–H groups in total. The monoisotopic (exact) mass is 216 g/mol. The zero-order chi connectivity index (χ0) is 10.5. The van der Waals surface area contributed by atoms with Crippen molar-refractivity contribution < 1.29 is 0 Å². The third-order valence-electron chi connectivity index (χ3n) is 1.87. The Morgan fingerprint density at radius 1 is 1.33 bits per heavy atom. The molecule has 0 unspecified atom stereocenters. The van der Waals surface area contributed by atoms with Gasteiger partial charge in [-0.05, 0) is 24.4 Å². The summed E-state index contributed by atoms with van der Waals surface area (Å²) in [7, 11) is 0. The lowest BCUT2D eigenvalue weighted by molar-refractivity contribution is 0.797. The number of para-hydroxylation sites is 1. The highest BCUT2D eigenvalue weighted by Crippen LogP contribution is 2.05. The first kappa shape index (κ1) is 9.71. The molecule has 0 spiro atoms. The Bertz CT molecular complexity index is 485. The van der Waals surface area contributed by atoms with Gasteiger partial charge in [-0.2, -0.15) is 0 Å². The second-order valence-electron chi connectivity index (χ2n) is 2.90. The lowest BCUT2D eigenvalue weighted by atomic mass is 10.3. The number of hydrogen-bond acceptors (Lipinski definition) is 4. The number of rotatable bonds is 3. The predicted molar refractivity (Wildman–Crippen MR) is 60.1 cm³/mol. The van der Waals surface area contributed by atoms with Gasteiger partial charge in [0.05, 0.1) is 23.6 Å². The second-order valence-corrected chi connectivity index (χ2v) is 3.08. The van der Waals surface area contributed by atoms with Gasteiger partial charge in [0.2, 0.25) is 0 Å². The molecule has 0 aliphatic carbocycles. The summed E-state index contributed by atoms with van der Waals surface area (Å²) in [5.41, 5.74) is 1.75. The average Bonchev–Trinajstić information content (AvgIpc) is 2.76. The Morgan fingerprint density at radius 2 is 2.13 bits per heavy atom. The molecular weight excluding hydrogens is 208 g/mol. The van der Waals surface area contributed by atoms with Crippen molar-refractivity contribution in [3.8, 4) is 5.69 Å². The molecule has 0 saturated carbocycles. The Balaban J connectivity index is 2.24. The number of nitrogens with zero attached hydrogens (tertiary/aromatic N) is 4. The van der Waals surface area contributed by atoms with Crippen LogP contribution in [0.5, 0.6) is 0 Å². The normalized spacial score (nSPS) is 9.60. The number of isothiocyanates is 1. The Hall–Kier alpha value is -1.84. The lowest BCUT2D eigenvalue weighted by Crippen LogP contribution is -1.93. The lowest BCUT2D eigenvalue weighted by Gasteiger charge is -1.96. The highest BCUT2D eigenvalue weighted by atomic mass is 32.1. The molecular formula is C10H8N4S. The number of aliphatic imine (C=N–C) groups is 1. The third kappa shape index (κ3) is 2.34. The molecule has 74 valence electrons. The molecule has 0 atom stereocenters. The molecule has 0 aliphatic rings. The summed E-state index contributed by atoms with van der Waals surface area (Å²) in [6, 6.07) is 9.78. The van der Waals surface area contributed by atoms with Crippen molar-refractivity contribution in [2.24, 2.45) is 4.99 Å². The van der Waals surface area contributed by atoms with Crippen LogP contribution >= 0.6 is 12.2 Å².